The molecule has 0 atom stereocenters. The highest BCUT2D eigenvalue weighted by atomic mass is 28.4. The van der Waals surface area contributed by atoms with Crippen molar-refractivity contribution in [2.75, 3.05) is 26.4 Å². The summed E-state index contributed by atoms with van der Waals surface area (Å²) in [5.74, 6) is 0.308. The Kier molecular flexibility index (Phi) is 14.3. The first-order valence-corrected chi connectivity index (χ1v) is 10.8. The molecule has 5 nitrogen and oxygen atoms in total. The number of rotatable bonds is 16. The first-order chi connectivity index (χ1) is 11.1. The number of carbonyl (C=O) groups is 1. The molecule has 0 aliphatic rings. The lowest BCUT2D eigenvalue weighted by atomic mass is 10.1. The third kappa shape index (κ3) is 11.4. The Morgan fingerprint density at radius 2 is 1.39 bits per heavy atom. The van der Waals surface area contributed by atoms with Crippen molar-refractivity contribution in [3.8, 4) is 0 Å². The first-order valence-electron chi connectivity index (χ1n) is 8.90. The van der Waals surface area contributed by atoms with Crippen LogP contribution >= 0.6 is 0 Å². The Labute approximate surface area is 142 Å². The zero-order valence-corrected chi connectivity index (χ0v) is 16.1. The molecular formula is C17H33NO4Si. The van der Waals surface area contributed by atoms with Gasteiger partial charge < -0.3 is 18.1 Å². The molecular weight excluding hydrogens is 310 g/mol. The van der Waals surface area contributed by atoms with E-state index in [1.807, 2.05) is 20.8 Å². The number of hydrogen-bond donors (Lipinski definition) is 0. The largest absolute Gasteiger partial charge is 0.500 e. The molecule has 0 aromatic carbocycles. The van der Waals surface area contributed by atoms with E-state index in [0.717, 1.165) is 32.1 Å². The van der Waals surface area contributed by atoms with E-state index in [4.69, 9.17) is 19.9 Å². The van der Waals surface area contributed by atoms with E-state index in [2.05, 4.69) is 4.85 Å². The van der Waals surface area contributed by atoms with Crippen LogP contribution < -0.4 is 0 Å². The third-order valence-corrected chi connectivity index (χ3v) is 6.66. The normalized spacial score (nSPS) is 11.4. The van der Waals surface area contributed by atoms with Gasteiger partial charge in [0.15, 0.2) is 0 Å². The highest BCUT2D eigenvalue weighted by molar-refractivity contribution is 6.60. The van der Waals surface area contributed by atoms with Gasteiger partial charge in [-0.1, -0.05) is 6.42 Å². The summed E-state index contributed by atoms with van der Waals surface area (Å²) < 4.78 is 17.4. The monoisotopic (exact) mass is 343 g/mol. The van der Waals surface area contributed by atoms with Crippen molar-refractivity contribution in [3.05, 3.63) is 11.4 Å². The van der Waals surface area contributed by atoms with Gasteiger partial charge in [0.1, 0.15) is 5.78 Å². The molecule has 0 aliphatic carbocycles. The maximum Gasteiger partial charge on any atom is 0.500 e. The molecule has 0 heterocycles. The molecule has 0 unspecified atom stereocenters. The van der Waals surface area contributed by atoms with Gasteiger partial charge in [0, 0.05) is 45.1 Å². The minimum atomic E-state index is -2.60. The summed E-state index contributed by atoms with van der Waals surface area (Å²) in [6.45, 7) is 14.9. The second-order valence-corrected chi connectivity index (χ2v) is 8.15. The van der Waals surface area contributed by atoms with Crippen molar-refractivity contribution in [2.45, 2.75) is 71.8 Å². The molecule has 0 amide bonds. The molecule has 0 saturated carbocycles. The number of unbranched alkanes of at least 4 members (excludes halogenated alkanes) is 3. The standard InChI is InChI=1S/C17H33NO4Si/c1-5-20-23(21-6-2,22-7-3)16-12-14-17(19)13-10-8-9-11-15-18-4/h5-16H2,1-3H3. The lowest BCUT2D eigenvalue weighted by Crippen LogP contribution is -2.46. The predicted octanol–water partition coefficient (Wildman–Crippen LogP) is 4.25. The summed E-state index contributed by atoms with van der Waals surface area (Å²) in [4.78, 5) is 15.3. The molecule has 0 radical (unpaired) electrons. The lowest BCUT2D eigenvalue weighted by Gasteiger charge is -2.28. The van der Waals surface area contributed by atoms with Crippen molar-refractivity contribution in [2.24, 2.45) is 0 Å². The Balaban J connectivity index is 3.98. The van der Waals surface area contributed by atoms with Gasteiger partial charge >= 0.3 is 8.80 Å². The van der Waals surface area contributed by atoms with Gasteiger partial charge in [0.25, 0.3) is 0 Å². The summed E-state index contributed by atoms with van der Waals surface area (Å²) in [5.41, 5.74) is 0. The van der Waals surface area contributed by atoms with Gasteiger partial charge in [0.05, 0.1) is 0 Å². The molecule has 0 fully saturated rings. The van der Waals surface area contributed by atoms with Crippen LogP contribution in [0.3, 0.4) is 0 Å². The molecule has 0 N–H and O–H groups in total. The van der Waals surface area contributed by atoms with Crippen LogP contribution in [0.2, 0.25) is 6.04 Å². The molecule has 0 aromatic heterocycles. The van der Waals surface area contributed by atoms with E-state index in [1.54, 1.807) is 0 Å². The predicted molar refractivity (Wildman–Crippen MR) is 94.2 cm³/mol. The molecule has 0 aliphatic heterocycles. The van der Waals surface area contributed by atoms with Crippen LogP contribution in [0.5, 0.6) is 0 Å². The maximum atomic E-state index is 11.9. The molecule has 0 aromatic rings. The van der Waals surface area contributed by atoms with Crippen molar-refractivity contribution in [1.29, 1.82) is 0 Å². The fraction of sp³-hybridized carbons (Fsp3) is 0.882. The maximum absolute atomic E-state index is 11.9. The zero-order chi connectivity index (χ0) is 17.4. The topological polar surface area (TPSA) is 49.1 Å². The van der Waals surface area contributed by atoms with Crippen LogP contribution in [0.4, 0.5) is 0 Å². The Morgan fingerprint density at radius 1 is 0.870 bits per heavy atom. The van der Waals surface area contributed by atoms with E-state index in [9.17, 15) is 4.79 Å². The third-order valence-electron chi connectivity index (χ3n) is 3.51. The Morgan fingerprint density at radius 3 is 1.91 bits per heavy atom. The minimum Gasteiger partial charge on any atom is -0.374 e. The van der Waals surface area contributed by atoms with Gasteiger partial charge in [-0.2, -0.15) is 0 Å². The molecule has 0 spiro atoms. The van der Waals surface area contributed by atoms with Crippen LogP contribution in [-0.4, -0.2) is 41.0 Å². The zero-order valence-electron chi connectivity index (χ0n) is 15.1. The van der Waals surface area contributed by atoms with E-state index in [-0.39, 0.29) is 0 Å². The van der Waals surface area contributed by atoms with E-state index >= 15 is 0 Å². The average Bonchev–Trinajstić information content (AvgIpc) is 2.51. The molecule has 0 rings (SSSR count). The Bertz CT molecular complexity index is 327. The van der Waals surface area contributed by atoms with Gasteiger partial charge in [-0.15, -0.1) is 0 Å². The second-order valence-electron chi connectivity index (χ2n) is 5.42. The quantitative estimate of drug-likeness (QED) is 0.239. The van der Waals surface area contributed by atoms with E-state index in [1.165, 1.54) is 0 Å². The van der Waals surface area contributed by atoms with Gasteiger partial charge in [-0.3, -0.25) is 4.79 Å². The fourth-order valence-corrected chi connectivity index (χ4v) is 5.11. The average molecular weight is 344 g/mol. The molecule has 0 saturated heterocycles. The second kappa shape index (κ2) is 14.8. The number of Topliss-reactive ketones (excluding diaryl/α,β-unsaturated/α-hetero) is 1. The number of hydrogen-bond acceptors (Lipinski definition) is 4. The summed E-state index contributed by atoms with van der Waals surface area (Å²) in [5, 5.41) is 0. The van der Waals surface area contributed by atoms with Gasteiger partial charge in [-0.05, 0) is 40.0 Å². The van der Waals surface area contributed by atoms with Crippen LogP contribution in [-0.2, 0) is 18.1 Å². The van der Waals surface area contributed by atoms with Crippen molar-refractivity contribution < 1.29 is 18.1 Å². The van der Waals surface area contributed by atoms with E-state index in [0.29, 0.717) is 51.0 Å². The van der Waals surface area contributed by atoms with Crippen LogP contribution in [0, 0.1) is 6.57 Å². The van der Waals surface area contributed by atoms with Gasteiger partial charge in [-0.25, -0.2) is 6.57 Å². The summed E-state index contributed by atoms with van der Waals surface area (Å²) in [7, 11) is -2.60. The number of ketones is 1. The van der Waals surface area contributed by atoms with E-state index < -0.39 is 8.80 Å². The summed E-state index contributed by atoms with van der Waals surface area (Å²) in [6.07, 6.45) is 5.95. The molecule has 134 valence electrons. The molecule has 23 heavy (non-hydrogen) atoms. The molecule has 6 heteroatoms. The highest BCUT2D eigenvalue weighted by Crippen LogP contribution is 2.20. The van der Waals surface area contributed by atoms with Crippen LogP contribution in [0.15, 0.2) is 0 Å². The van der Waals surface area contributed by atoms with Crippen LogP contribution in [0.25, 0.3) is 4.85 Å². The SMILES string of the molecule is [C-]#[N+]CCCCCCC(=O)CCC[Si](OCC)(OCC)OCC. The minimum absolute atomic E-state index is 0.308. The fourth-order valence-electron chi connectivity index (χ4n) is 2.49. The smallest absolute Gasteiger partial charge is 0.374 e. The first kappa shape index (κ1) is 22.3. The van der Waals surface area contributed by atoms with Crippen molar-refractivity contribution in [3.63, 3.8) is 0 Å². The lowest BCUT2D eigenvalue weighted by molar-refractivity contribution is -0.119. The number of carbonyl (C=O) groups excluding carboxylic acids is 1. The highest BCUT2D eigenvalue weighted by Gasteiger charge is 2.39. The Hall–Kier alpha value is -0.743. The van der Waals surface area contributed by atoms with Crippen LogP contribution in [0.1, 0.15) is 65.7 Å². The van der Waals surface area contributed by atoms with Gasteiger partial charge in [0.2, 0.25) is 6.54 Å². The van der Waals surface area contributed by atoms with Crippen molar-refractivity contribution in [1.82, 2.24) is 0 Å². The summed E-state index contributed by atoms with van der Waals surface area (Å²) >= 11 is 0. The number of nitrogens with zero attached hydrogens (tertiary/aromatic N) is 1. The summed E-state index contributed by atoms with van der Waals surface area (Å²) in [6, 6.07) is 0.708. The van der Waals surface area contributed by atoms with Crippen molar-refractivity contribution >= 4 is 14.6 Å². The molecule has 0 bridgehead atoms.